The summed E-state index contributed by atoms with van der Waals surface area (Å²) in [5.74, 6) is 0.0850. The highest BCUT2D eigenvalue weighted by atomic mass is 127. The third-order valence-electron chi connectivity index (χ3n) is 3.89. The number of hydrogen-bond acceptors (Lipinski definition) is 3. The van der Waals surface area contributed by atoms with Gasteiger partial charge in [-0.05, 0) is 47.6 Å². The lowest BCUT2D eigenvalue weighted by molar-refractivity contribution is 0.0969. The third-order valence-corrected chi connectivity index (χ3v) is 5.60. The molecule has 1 aliphatic rings. The van der Waals surface area contributed by atoms with Gasteiger partial charge in [-0.15, -0.1) is 11.3 Å². The summed E-state index contributed by atoms with van der Waals surface area (Å²) in [6, 6.07) is 8.07. The monoisotopic (exact) mass is 412 g/mol. The highest BCUT2D eigenvalue weighted by Crippen LogP contribution is 2.30. The second-order valence-electron chi connectivity index (χ2n) is 5.26. The first-order valence-electron chi connectivity index (χ1n) is 7.25. The summed E-state index contributed by atoms with van der Waals surface area (Å²) in [5, 5.41) is 2.76. The summed E-state index contributed by atoms with van der Waals surface area (Å²) < 4.78 is 0.998. The highest BCUT2D eigenvalue weighted by molar-refractivity contribution is 14.1. The van der Waals surface area contributed by atoms with Crippen LogP contribution < -0.4 is 4.90 Å². The lowest BCUT2D eigenvalue weighted by Crippen LogP contribution is -2.42. The largest absolute Gasteiger partial charge is 0.281 e. The van der Waals surface area contributed by atoms with Gasteiger partial charge in [0.1, 0.15) is 0 Å². The third kappa shape index (κ3) is 3.29. The molecule has 0 aliphatic heterocycles. The summed E-state index contributed by atoms with van der Waals surface area (Å²) in [6.45, 7) is 0. The standard InChI is InChI=1S/C16H17IN2OS/c17-14-9-5-4-8-13(14)15(20)19(16-18-10-11-21-16)12-6-2-1-3-7-12/h4-5,8-12H,1-3,6-7H2. The van der Waals surface area contributed by atoms with Crippen LogP contribution in [0.25, 0.3) is 0 Å². The quantitative estimate of drug-likeness (QED) is 0.684. The molecular formula is C16H17IN2OS. The number of rotatable bonds is 3. The van der Waals surface area contributed by atoms with Crippen molar-refractivity contribution in [1.29, 1.82) is 0 Å². The number of benzene rings is 1. The van der Waals surface area contributed by atoms with E-state index in [0.717, 1.165) is 27.1 Å². The number of halogens is 1. The molecule has 1 aromatic heterocycles. The van der Waals surface area contributed by atoms with Crippen molar-refractivity contribution in [3.05, 3.63) is 45.0 Å². The van der Waals surface area contributed by atoms with Gasteiger partial charge in [-0.25, -0.2) is 4.98 Å². The number of carbonyl (C=O) groups is 1. The number of amides is 1. The topological polar surface area (TPSA) is 33.2 Å². The first-order chi connectivity index (χ1) is 10.3. The Bertz CT molecular complexity index is 608. The van der Waals surface area contributed by atoms with Gasteiger partial charge in [0.05, 0.1) is 5.56 Å². The van der Waals surface area contributed by atoms with Gasteiger partial charge in [-0.2, -0.15) is 0 Å². The average molecular weight is 412 g/mol. The number of thiazole rings is 1. The molecule has 1 saturated carbocycles. The second kappa shape index (κ2) is 6.87. The minimum Gasteiger partial charge on any atom is -0.281 e. The van der Waals surface area contributed by atoms with Crippen molar-refractivity contribution in [3.8, 4) is 0 Å². The van der Waals surface area contributed by atoms with E-state index in [4.69, 9.17) is 0 Å². The van der Waals surface area contributed by atoms with E-state index in [0.29, 0.717) is 0 Å². The van der Waals surface area contributed by atoms with Crippen LogP contribution in [0.1, 0.15) is 42.5 Å². The van der Waals surface area contributed by atoms with Crippen LogP contribution in [0.15, 0.2) is 35.8 Å². The molecule has 0 atom stereocenters. The minimum atomic E-state index is 0.0850. The Balaban J connectivity index is 1.95. The van der Waals surface area contributed by atoms with E-state index in [2.05, 4.69) is 27.6 Å². The van der Waals surface area contributed by atoms with Crippen LogP contribution in [-0.4, -0.2) is 16.9 Å². The van der Waals surface area contributed by atoms with Gasteiger partial charge in [-0.3, -0.25) is 9.69 Å². The zero-order valence-electron chi connectivity index (χ0n) is 11.7. The van der Waals surface area contributed by atoms with Crippen LogP contribution in [-0.2, 0) is 0 Å². The van der Waals surface area contributed by atoms with Gasteiger partial charge in [-0.1, -0.05) is 31.4 Å². The van der Waals surface area contributed by atoms with E-state index in [9.17, 15) is 4.79 Å². The Morgan fingerprint density at radius 1 is 1.24 bits per heavy atom. The smallest absolute Gasteiger partial charge is 0.261 e. The van der Waals surface area contributed by atoms with Crippen LogP contribution in [0, 0.1) is 3.57 Å². The average Bonchev–Trinajstić information content (AvgIpc) is 3.03. The fourth-order valence-corrected chi connectivity index (χ4v) is 4.18. The summed E-state index contributed by atoms with van der Waals surface area (Å²) in [6.07, 6.45) is 7.61. The maximum Gasteiger partial charge on any atom is 0.261 e. The molecule has 110 valence electrons. The molecule has 3 nitrogen and oxygen atoms in total. The first kappa shape index (κ1) is 15.0. The fourth-order valence-electron chi connectivity index (χ4n) is 2.85. The molecule has 0 bridgehead atoms. The van der Waals surface area contributed by atoms with E-state index in [1.54, 1.807) is 17.5 Å². The maximum atomic E-state index is 13.1. The van der Waals surface area contributed by atoms with Crippen molar-refractivity contribution >= 4 is 45.0 Å². The molecule has 1 aliphatic carbocycles. The van der Waals surface area contributed by atoms with Gasteiger partial charge in [0.25, 0.3) is 5.91 Å². The molecule has 3 rings (SSSR count). The number of hydrogen-bond donors (Lipinski definition) is 0. The van der Waals surface area contributed by atoms with E-state index < -0.39 is 0 Å². The molecular weight excluding hydrogens is 395 g/mol. The minimum absolute atomic E-state index is 0.0850. The van der Waals surface area contributed by atoms with Crippen molar-refractivity contribution in [2.45, 2.75) is 38.1 Å². The van der Waals surface area contributed by atoms with Crippen molar-refractivity contribution < 1.29 is 4.79 Å². The van der Waals surface area contributed by atoms with Crippen molar-refractivity contribution in [3.63, 3.8) is 0 Å². The number of carbonyl (C=O) groups excluding carboxylic acids is 1. The lowest BCUT2D eigenvalue weighted by Gasteiger charge is -2.32. The molecule has 0 radical (unpaired) electrons. The van der Waals surface area contributed by atoms with Crippen molar-refractivity contribution in [2.75, 3.05) is 4.90 Å². The van der Waals surface area contributed by atoms with Crippen LogP contribution >= 0.6 is 33.9 Å². The van der Waals surface area contributed by atoms with E-state index in [1.807, 2.05) is 34.5 Å². The van der Waals surface area contributed by atoms with E-state index in [1.165, 1.54) is 19.3 Å². The SMILES string of the molecule is O=C(c1ccccc1I)N(c1nccs1)C1CCCCC1. The molecule has 1 aromatic carbocycles. The van der Waals surface area contributed by atoms with Crippen LogP contribution in [0.5, 0.6) is 0 Å². The summed E-state index contributed by atoms with van der Waals surface area (Å²) in [4.78, 5) is 19.4. The number of anilines is 1. The molecule has 0 N–H and O–H groups in total. The van der Waals surface area contributed by atoms with Gasteiger partial charge >= 0.3 is 0 Å². The lowest BCUT2D eigenvalue weighted by atomic mass is 9.94. The molecule has 21 heavy (non-hydrogen) atoms. The Morgan fingerprint density at radius 2 is 2.00 bits per heavy atom. The molecule has 0 unspecified atom stereocenters. The summed E-state index contributed by atoms with van der Waals surface area (Å²) in [5.41, 5.74) is 0.777. The predicted molar refractivity (Wildman–Crippen MR) is 95.0 cm³/mol. The Morgan fingerprint density at radius 3 is 2.67 bits per heavy atom. The zero-order chi connectivity index (χ0) is 14.7. The molecule has 0 saturated heterocycles. The van der Waals surface area contributed by atoms with Gasteiger partial charge in [0.15, 0.2) is 5.13 Å². The zero-order valence-corrected chi connectivity index (χ0v) is 14.6. The van der Waals surface area contributed by atoms with Gasteiger partial charge < -0.3 is 0 Å². The first-order valence-corrected chi connectivity index (χ1v) is 9.21. The number of aromatic nitrogens is 1. The predicted octanol–water partition coefficient (Wildman–Crippen LogP) is 4.73. The van der Waals surface area contributed by atoms with Crippen LogP contribution in [0.2, 0.25) is 0 Å². The van der Waals surface area contributed by atoms with E-state index >= 15 is 0 Å². The Kier molecular flexibility index (Phi) is 4.90. The molecule has 1 fully saturated rings. The summed E-state index contributed by atoms with van der Waals surface area (Å²) >= 11 is 3.78. The normalized spacial score (nSPS) is 15.9. The fraction of sp³-hybridized carbons (Fsp3) is 0.375. The molecule has 1 amide bonds. The molecule has 5 heteroatoms. The summed E-state index contributed by atoms with van der Waals surface area (Å²) in [7, 11) is 0. The van der Waals surface area contributed by atoms with E-state index in [-0.39, 0.29) is 11.9 Å². The van der Waals surface area contributed by atoms with Gasteiger partial charge in [0, 0.05) is 21.2 Å². The van der Waals surface area contributed by atoms with Crippen LogP contribution in [0.3, 0.4) is 0 Å². The molecule has 2 aromatic rings. The second-order valence-corrected chi connectivity index (χ2v) is 7.30. The maximum absolute atomic E-state index is 13.1. The highest BCUT2D eigenvalue weighted by Gasteiger charge is 2.30. The Labute approximate surface area is 142 Å². The molecule has 0 spiro atoms. The van der Waals surface area contributed by atoms with Crippen molar-refractivity contribution in [2.24, 2.45) is 0 Å². The van der Waals surface area contributed by atoms with Gasteiger partial charge in [0.2, 0.25) is 0 Å². The van der Waals surface area contributed by atoms with Crippen LogP contribution in [0.4, 0.5) is 5.13 Å². The Hall–Kier alpha value is -0.950. The van der Waals surface area contributed by atoms with Crippen molar-refractivity contribution in [1.82, 2.24) is 4.98 Å². The molecule has 1 heterocycles. The number of nitrogens with zero attached hydrogens (tertiary/aromatic N) is 2.